The number of methoxy groups -OCH3 is 2. The fraction of sp³-hybridized carbons (Fsp3) is 0.350. The van der Waals surface area contributed by atoms with Crippen molar-refractivity contribution in [3.05, 3.63) is 52.5 Å². The number of halogens is 1. The first-order valence-electron chi connectivity index (χ1n) is 8.82. The van der Waals surface area contributed by atoms with E-state index in [4.69, 9.17) is 21.1 Å². The summed E-state index contributed by atoms with van der Waals surface area (Å²) in [7, 11) is -0.624. The molecule has 1 N–H and O–H groups in total. The quantitative estimate of drug-likeness (QED) is 0.680. The fourth-order valence-corrected chi connectivity index (χ4v) is 4.00. The van der Waals surface area contributed by atoms with Gasteiger partial charge in [-0.3, -0.25) is 9.10 Å². The summed E-state index contributed by atoms with van der Waals surface area (Å²) in [4.78, 5) is 12.7. The molecule has 2 aromatic carbocycles. The maximum Gasteiger partial charge on any atom is 0.241 e. The maximum atomic E-state index is 12.7. The van der Waals surface area contributed by atoms with Crippen molar-refractivity contribution < 1.29 is 22.7 Å². The third kappa shape index (κ3) is 5.55. The summed E-state index contributed by atoms with van der Waals surface area (Å²) in [5.74, 6) is 0.741. The topological polar surface area (TPSA) is 84.9 Å². The molecule has 0 saturated heterocycles. The summed E-state index contributed by atoms with van der Waals surface area (Å²) in [5, 5.41) is 3.24. The Morgan fingerprint density at radius 3 is 2.48 bits per heavy atom. The van der Waals surface area contributed by atoms with E-state index in [0.717, 1.165) is 10.6 Å². The van der Waals surface area contributed by atoms with Gasteiger partial charge in [0.2, 0.25) is 15.9 Å². The van der Waals surface area contributed by atoms with Gasteiger partial charge >= 0.3 is 0 Å². The van der Waals surface area contributed by atoms with Gasteiger partial charge in [-0.05, 0) is 49.7 Å². The van der Waals surface area contributed by atoms with Gasteiger partial charge in [0.25, 0.3) is 0 Å². The number of nitrogens with zero attached hydrogens (tertiary/aromatic N) is 1. The van der Waals surface area contributed by atoms with E-state index in [2.05, 4.69) is 5.32 Å². The summed E-state index contributed by atoms with van der Waals surface area (Å²) in [6.07, 6.45) is 1.05. The van der Waals surface area contributed by atoms with Crippen LogP contribution in [0.25, 0.3) is 0 Å². The number of carbonyl (C=O) groups is 1. The van der Waals surface area contributed by atoms with Gasteiger partial charge in [0.15, 0.2) is 0 Å². The molecule has 9 heteroatoms. The number of amides is 1. The number of ether oxygens (including phenoxy) is 2. The fourth-order valence-electron chi connectivity index (χ4n) is 2.92. The van der Waals surface area contributed by atoms with Crippen LogP contribution in [0.4, 0.5) is 5.69 Å². The van der Waals surface area contributed by atoms with Crippen LogP contribution in [0.2, 0.25) is 5.02 Å². The third-order valence-electron chi connectivity index (χ3n) is 4.48. The number of carbonyl (C=O) groups excluding carboxylic acids is 1. The van der Waals surface area contributed by atoms with Crippen LogP contribution in [0, 0.1) is 6.92 Å². The summed E-state index contributed by atoms with van der Waals surface area (Å²) in [6.45, 7) is 3.11. The molecule has 0 fully saturated rings. The monoisotopic (exact) mass is 440 g/mol. The van der Waals surface area contributed by atoms with E-state index in [1.165, 1.54) is 7.11 Å². The largest absolute Gasteiger partial charge is 0.497 e. The van der Waals surface area contributed by atoms with E-state index >= 15 is 0 Å². The van der Waals surface area contributed by atoms with E-state index in [1.54, 1.807) is 57.4 Å². The molecule has 0 aliphatic heterocycles. The summed E-state index contributed by atoms with van der Waals surface area (Å²) >= 11 is 6.12. The van der Waals surface area contributed by atoms with Gasteiger partial charge in [-0.25, -0.2) is 8.42 Å². The Bertz CT molecular complexity index is 994. The summed E-state index contributed by atoms with van der Waals surface area (Å²) in [6, 6.07) is 9.75. The van der Waals surface area contributed by atoms with Crippen molar-refractivity contribution in [2.75, 3.05) is 31.3 Å². The van der Waals surface area contributed by atoms with E-state index < -0.39 is 22.0 Å². The molecule has 0 unspecified atom stereocenters. The molecule has 158 valence electrons. The number of nitrogens with one attached hydrogen (secondary N) is 1. The Morgan fingerprint density at radius 2 is 1.90 bits per heavy atom. The van der Waals surface area contributed by atoms with Crippen molar-refractivity contribution in [2.45, 2.75) is 19.9 Å². The van der Waals surface area contributed by atoms with Crippen LogP contribution in [0.15, 0.2) is 36.4 Å². The number of benzene rings is 2. The van der Waals surface area contributed by atoms with E-state index in [1.807, 2.05) is 0 Å². The summed E-state index contributed by atoms with van der Waals surface area (Å²) < 4.78 is 36.3. The highest BCUT2D eigenvalue weighted by Gasteiger charge is 2.24. The van der Waals surface area contributed by atoms with Crippen molar-refractivity contribution >= 4 is 33.2 Å². The maximum absolute atomic E-state index is 12.7. The Kier molecular flexibility index (Phi) is 7.37. The van der Waals surface area contributed by atoms with Crippen LogP contribution in [0.1, 0.15) is 24.1 Å². The first kappa shape index (κ1) is 22.8. The van der Waals surface area contributed by atoms with Crippen molar-refractivity contribution in [3.8, 4) is 11.5 Å². The molecule has 2 rings (SSSR count). The molecule has 0 aliphatic rings. The van der Waals surface area contributed by atoms with Gasteiger partial charge < -0.3 is 14.8 Å². The molecule has 1 amide bonds. The second-order valence-corrected chi connectivity index (χ2v) is 8.86. The Morgan fingerprint density at radius 1 is 1.21 bits per heavy atom. The molecular weight excluding hydrogens is 416 g/mol. The van der Waals surface area contributed by atoms with Crippen LogP contribution < -0.4 is 19.1 Å². The zero-order valence-corrected chi connectivity index (χ0v) is 18.6. The normalized spacial score (nSPS) is 12.2. The molecule has 0 aromatic heterocycles. The molecule has 0 bridgehead atoms. The zero-order chi connectivity index (χ0) is 21.8. The second-order valence-electron chi connectivity index (χ2n) is 6.55. The van der Waals surface area contributed by atoms with Crippen LogP contribution in [0.5, 0.6) is 11.5 Å². The number of rotatable bonds is 8. The minimum atomic E-state index is -3.71. The highest BCUT2D eigenvalue weighted by atomic mass is 35.5. The van der Waals surface area contributed by atoms with Gasteiger partial charge in [0, 0.05) is 10.6 Å². The predicted molar refractivity (Wildman–Crippen MR) is 114 cm³/mol. The third-order valence-corrected chi connectivity index (χ3v) is 6.01. The van der Waals surface area contributed by atoms with Gasteiger partial charge in [0.1, 0.15) is 18.0 Å². The van der Waals surface area contributed by atoms with Crippen molar-refractivity contribution in [3.63, 3.8) is 0 Å². The Labute approximate surface area is 176 Å². The Hall–Kier alpha value is -2.45. The van der Waals surface area contributed by atoms with Crippen LogP contribution in [0.3, 0.4) is 0 Å². The molecule has 29 heavy (non-hydrogen) atoms. The molecule has 0 saturated carbocycles. The van der Waals surface area contributed by atoms with E-state index in [0.29, 0.717) is 33.3 Å². The molecule has 7 nitrogen and oxygen atoms in total. The molecule has 0 radical (unpaired) electrons. The van der Waals surface area contributed by atoms with Crippen molar-refractivity contribution in [1.82, 2.24) is 5.32 Å². The minimum Gasteiger partial charge on any atom is -0.497 e. The standard InChI is InChI=1S/C20H25ClN2O5S/c1-13-17(21)7-6-8-18(13)23(29(5,25)26)12-20(24)22-14(2)16-11-15(27-3)9-10-19(16)28-4/h6-11,14H,12H2,1-5H3,(H,22,24)/t14-/m0/s1. The lowest BCUT2D eigenvalue weighted by molar-refractivity contribution is -0.120. The number of sulfonamides is 1. The highest BCUT2D eigenvalue weighted by molar-refractivity contribution is 7.92. The van der Waals surface area contributed by atoms with Crippen LogP contribution in [-0.4, -0.2) is 41.3 Å². The molecule has 0 aliphatic carbocycles. The minimum absolute atomic E-state index is 0.363. The van der Waals surface area contributed by atoms with Gasteiger partial charge in [-0.2, -0.15) is 0 Å². The van der Waals surface area contributed by atoms with Gasteiger partial charge in [-0.15, -0.1) is 0 Å². The van der Waals surface area contributed by atoms with Gasteiger partial charge in [0.05, 0.1) is 32.2 Å². The second kappa shape index (κ2) is 9.37. The van der Waals surface area contributed by atoms with E-state index in [-0.39, 0.29) is 6.54 Å². The summed E-state index contributed by atoms with van der Waals surface area (Å²) in [5.41, 5.74) is 1.65. The number of hydrogen-bond donors (Lipinski definition) is 1. The number of hydrogen-bond acceptors (Lipinski definition) is 5. The molecular formula is C20H25ClN2O5S. The molecule has 0 heterocycles. The molecule has 0 spiro atoms. The lowest BCUT2D eigenvalue weighted by atomic mass is 10.1. The first-order valence-corrected chi connectivity index (χ1v) is 11.0. The Balaban J connectivity index is 2.26. The lowest BCUT2D eigenvalue weighted by Gasteiger charge is -2.25. The first-order chi connectivity index (χ1) is 13.6. The molecule has 2 aromatic rings. The average molecular weight is 441 g/mol. The zero-order valence-electron chi connectivity index (χ0n) is 17.0. The average Bonchev–Trinajstić information content (AvgIpc) is 2.67. The van der Waals surface area contributed by atoms with Crippen molar-refractivity contribution in [2.24, 2.45) is 0 Å². The van der Waals surface area contributed by atoms with Crippen LogP contribution in [-0.2, 0) is 14.8 Å². The van der Waals surface area contributed by atoms with Gasteiger partial charge in [-0.1, -0.05) is 17.7 Å². The van der Waals surface area contributed by atoms with Crippen molar-refractivity contribution in [1.29, 1.82) is 0 Å². The van der Waals surface area contributed by atoms with Crippen LogP contribution >= 0.6 is 11.6 Å². The van der Waals surface area contributed by atoms with E-state index in [9.17, 15) is 13.2 Å². The lowest BCUT2D eigenvalue weighted by Crippen LogP contribution is -2.41. The SMILES string of the molecule is COc1ccc(OC)c([C@H](C)NC(=O)CN(c2cccc(Cl)c2C)S(C)(=O)=O)c1. The smallest absolute Gasteiger partial charge is 0.241 e. The number of anilines is 1. The predicted octanol–water partition coefficient (Wildman–Crippen LogP) is 3.31. The molecule has 1 atom stereocenters. The highest BCUT2D eigenvalue weighted by Crippen LogP contribution is 2.30.